The van der Waals surface area contributed by atoms with Crippen molar-refractivity contribution < 1.29 is 0 Å². The van der Waals surface area contributed by atoms with Crippen LogP contribution in [0, 0.1) is 0 Å². The normalized spacial score (nSPS) is 16.0. The molecule has 0 amide bonds. The van der Waals surface area contributed by atoms with Gasteiger partial charge in [0, 0.05) is 30.9 Å². The number of anilines is 2. The predicted octanol–water partition coefficient (Wildman–Crippen LogP) is 3.72. The standard InChI is InChI=1S/C22H23BrN8/c23-18-14-28-31-20(18)29-21(26-13-17-4-3-11-24-17)30-22(31)27-12-15-6-8-16(9-7-15)19-5-1-2-10-25-19/h1-2,5-10,14,17,24H,3-4,11-13H2,(H2,26,27,29,30). The van der Waals surface area contributed by atoms with E-state index in [1.807, 2.05) is 24.4 Å². The van der Waals surface area contributed by atoms with E-state index in [4.69, 9.17) is 0 Å². The van der Waals surface area contributed by atoms with Gasteiger partial charge in [0.2, 0.25) is 11.9 Å². The molecule has 4 heterocycles. The third-order valence-corrected chi connectivity index (χ3v) is 5.92. The molecule has 1 saturated heterocycles. The number of hydrogen-bond acceptors (Lipinski definition) is 7. The second-order valence-corrected chi connectivity index (χ2v) is 8.39. The van der Waals surface area contributed by atoms with E-state index in [-0.39, 0.29) is 0 Å². The van der Waals surface area contributed by atoms with Crippen LogP contribution in [0.25, 0.3) is 16.9 Å². The Morgan fingerprint density at radius 2 is 2.00 bits per heavy atom. The lowest BCUT2D eigenvalue weighted by molar-refractivity contribution is 0.631. The number of nitrogens with one attached hydrogen (secondary N) is 3. The van der Waals surface area contributed by atoms with Crippen molar-refractivity contribution in [2.45, 2.75) is 25.4 Å². The molecule has 0 spiro atoms. The largest absolute Gasteiger partial charge is 0.352 e. The van der Waals surface area contributed by atoms with Gasteiger partial charge >= 0.3 is 0 Å². The van der Waals surface area contributed by atoms with E-state index in [1.165, 1.54) is 12.8 Å². The summed E-state index contributed by atoms with van der Waals surface area (Å²) >= 11 is 3.53. The molecular weight excluding hydrogens is 456 g/mol. The maximum Gasteiger partial charge on any atom is 0.229 e. The Balaban J connectivity index is 1.32. The summed E-state index contributed by atoms with van der Waals surface area (Å²) in [4.78, 5) is 13.7. The van der Waals surface area contributed by atoms with Gasteiger partial charge in [-0.1, -0.05) is 30.3 Å². The van der Waals surface area contributed by atoms with Gasteiger partial charge in [0.15, 0.2) is 5.65 Å². The number of nitrogens with zero attached hydrogens (tertiary/aromatic N) is 5. The molecule has 0 bridgehead atoms. The van der Waals surface area contributed by atoms with Gasteiger partial charge in [-0.15, -0.1) is 0 Å². The fourth-order valence-electron chi connectivity index (χ4n) is 3.70. The molecule has 31 heavy (non-hydrogen) atoms. The number of pyridine rings is 1. The van der Waals surface area contributed by atoms with Gasteiger partial charge < -0.3 is 16.0 Å². The third-order valence-electron chi connectivity index (χ3n) is 5.36. The lowest BCUT2D eigenvalue weighted by Crippen LogP contribution is -2.30. The lowest BCUT2D eigenvalue weighted by Gasteiger charge is -2.13. The smallest absolute Gasteiger partial charge is 0.229 e. The molecule has 1 atom stereocenters. The van der Waals surface area contributed by atoms with Gasteiger partial charge in [0.25, 0.3) is 0 Å². The van der Waals surface area contributed by atoms with Crippen LogP contribution in [0.5, 0.6) is 0 Å². The second kappa shape index (κ2) is 8.99. The van der Waals surface area contributed by atoms with Crippen molar-refractivity contribution in [1.82, 2.24) is 29.9 Å². The minimum Gasteiger partial charge on any atom is -0.352 e. The van der Waals surface area contributed by atoms with Crippen LogP contribution in [0.3, 0.4) is 0 Å². The molecule has 158 valence electrons. The van der Waals surface area contributed by atoms with Gasteiger partial charge in [0.1, 0.15) is 0 Å². The van der Waals surface area contributed by atoms with Crippen LogP contribution in [0.4, 0.5) is 11.9 Å². The Kier molecular flexibility index (Phi) is 5.77. The molecule has 8 nitrogen and oxygen atoms in total. The van der Waals surface area contributed by atoms with Crippen LogP contribution in [-0.4, -0.2) is 43.7 Å². The molecule has 0 saturated carbocycles. The summed E-state index contributed by atoms with van der Waals surface area (Å²) in [6.45, 7) is 2.50. The molecule has 1 unspecified atom stereocenters. The maximum absolute atomic E-state index is 4.66. The Morgan fingerprint density at radius 3 is 2.77 bits per heavy atom. The van der Waals surface area contributed by atoms with Crippen molar-refractivity contribution in [3.05, 3.63) is 64.9 Å². The molecule has 4 aromatic rings. The zero-order valence-electron chi connectivity index (χ0n) is 16.9. The summed E-state index contributed by atoms with van der Waals surface area (Å²) in [5.41, 5.74) is 3.93. The molecule has 1 fully saturated rings. The fraction of sp³-hybridized carbons (Fsp3) is 0.273. The highest BCUT2D eigenvalue weighted by molar-refractivity contribution is 9.10. The summed E-state index contributed by atoms with van der Waals surface area (Å²) in [6.07, 6.45) is 5.93. The van der Waals surface area contributed by atoms with Crippen LogP contribution in [0.1, 0.15) is 18.4 Å². The highest BCUT2D eigenvalue weighted by atomic mass is 79.9. The van der Waals surface area contributed by atoms with Crippen LogP contribution >= 0.6 is 15.9 Å². The van der Waals surface area contributed by atoms with E-state index in [2.05, 4.69) is 76.2 Å². The fourth-order valence-corrected chi connectivity index (χ4v) is 4.05. The van der Waals surface area contributed by atoms with E-state index < -0.39 is 0 Å². The number of benzene rings is 1. The number of halogens is 1. The van der Waals surface area contributed by atoms with Gasteiger partial charge in [-0.2, -0.15) is 19.6 Å². The summed E-state index contributed by atoms with van der Waals surface area (Å²) < 4.78 is 2.55. The summed E-state index contributed by atoms with van der Waals surface area (Å²) in [6, 6.07) is 14.7. The minimum atomic E-state index is 0.460. The number of aromatic nitrogens is 5. The summed E-state index contributed by atoms with van der Waals surface area (Å²) in [7, 11) is 0. The van der Waals surface area contributed by atoms with Crippen molar-refractivity contribution in [3.63, 3.8) is 0 Å². The first kappa shape index (κ1) is 19.9. The van der Waals surface area contributed by atoms with Crippen molar-refractivity contribution in [3.8, 4) is 11.3 Å². The van der Waals surface area contributed by atoms with Gasteiger partial charge in [0.05, 0.1) is 16.4 Å². The van der Waals surface area contributed by atoms with E-state index in [0.717, 1.165) is 40.0 Å². The van der Waals surface area contributed by atoms with E-state index in [0.29, 0.717) is 24.5 Å². The van der Waals surface area contributed by atoms with E-state index in [9.17, 15) is 0 Å². The number of rotatable bonds is 7. The molecule has 9 heteroatoms. The molecule has 1 aromatic carbocycles. The van der Waals surface area contributed by atoms with E-state index >= 15 is 0 Å². The Bertz CT molecular complexity index is 1150. The Hall–Kier alpha value is -3.04. The Morgan fingerprint density at radius 1 is 1.10 bits per heavy atom. The topological polar surface area (TPSA) is 92.1 Å². The zero-order chi connectivity index (χ0) is 21.0. The molecule has 1 aliphatic rings. The maximum atomic E-state index is 4.66. The molecule has 3 N–H and O–H groups in total. The van der Waals surface area contributed by atoms with Crippen LogP contribution in [0.15, 0.2) is 59.3 Å². The van der Waals surface area contributed by atoms with E-state index in [1.54, 1.807) is 10.7 Å². The molecule has 0 aliphatic carbocycles. The molecule has 3 aromatic heterocycles. The van der Waals surface area contributed by atoms with Crippen molar-refractivity contribution in [2.24, 2.45) is 0 Å². The highest BCUT2D eigenvalue weighted by Crippen LogP contribution is 2.21. The van der Waals surface area contributed by atoms with Crippen LogP contribution < -0.4 is 16.0 Å². The van der Waals surface area contributed by atoms with Crippen molar-refractivity contribution in [1.29, 1.82) is 0 Å². The van der Waals surface area contributed by atoms with Crippen LogP contribution in [-0.2, 0) is 6.54 Å². The summed E-state index contributed by atoms with van der Waals surface area (Å²) in [5.74, 6) is 1.24. The van der Waals surface area contributed by atoms with Crippen molar-refractivity contribution >= 4 is 33.5 Å². The molecule has 0 radical (unpaired) electrons. The minimum absolute atomic E-state index is 0.460. The monoisotopic (exact) mass is 478 g/mol. The SMILES string of the molecule is Brc1cnn2c(NCc3ccc(-c4ccccn4)cc3)nc(NCC3CCCN3)nc12. The average molecular weight is 479 g/mol. The zero-order valence-corrected chi connectivity index (χ0v) is 18.5. The first-order chi connectivity index (χ1) is 15.3. The van der Waals surface area contributed by atoms with Gasteiger partial charge in [-0.25, -0.2) is 0 Å². The first-order valence-corrected chi connectivity index (χ1v) is 11.2. The van der Waals surface area contributed by atoms with Crippen LogP contribution in [0.2, 0.25) is 0 Å². The second-order valence-electron chi connectivity index (χ2n) is 7.54. The quantitative estimate of drug-likeness (QED) is 0.372. The Labute approximate surface area is 188 Å². The van der Waals surface area contributed by atoms with Gasteiger partial charge in [-0.3, -0.25) is 4.98 Å². The number of hydrogen-bond donors (Lipinski definition) is 3. The average Bonchev–Trinajstić information content (AvgIpc) is 3.47. The number of fused-ring (bicyclic) bond motifs is 1. The molecule has 5 rings (SSSR count). The lowest BCUT2D eigenvalue weighted by atomic mass is 10.1. The van der Waals surface area contributed by atoms with Crippen molar-refractivity contribution in [2.75, 3.05) is 23.7 Å². The third kappa shape index (κ3) is 4.52. The van der Waals surface area contributed by atoms with Gasteiger partial charge in [-0.05, 0) is 53.0 Å². The molecule has 1 aliphatic heterocycles. The highest BCUT2D eigenvalue weighted by Gasteiger charge is 2.16. The summed E-state index contributed by atoms with van der Waals surface area (Å²) in [5, 5.41) is 14.6. The first-order valence-electron chi connectivity index (χ1n) is 10.4. The predicted molar refractivity (Wildman–Crippen MR) is 125 cm³/mol. The molecular formula is C22H23BrN8.